The molecule has 2 aromatic carbocycles. The van der Waals surface area contributed by atoms with Crippen LogP contribution in [0.3, 0.4) is 0 Å². The molecule has 2 saturated heterocycles. The van der Waals surface area contributed by atoms with Crippen molar-refractivity contribution in [3.63, 3.8) is 0 Å². The van der Waals surface area contributed by atoms with Crippen LogP contribution in [0.2, 0.25) is 18.1 Å². The number of fused-ring (bicyclic) bond motifs is 2. The maximum Gasteiger partial charge on any atom is 0.419 e. The monoisotopic (exact) mass is 996 g/mol. The van der Waals surface area contributed by atoms with Crippen LogP contribution < -0.4 is 14.2 Å². The Morgan fingerprint density at radius 3 is 1.48 bits per heavy atom. The van der Waals surface area contributed by atoms with Gasteiger partial charge in [-0.2, -0.15) is 8.78 Å². The highest BCUT2D eigenvalue weighted by Crippen LogP contribution is 2.40. The number of halogens is 2. The number of carbonyl (C=O) groups excluding carboxylic acids is 2. The number of methoxy groups -OCH3 is 2. The summed E-state index contributed by atoms with van der Waals surface area (Å²) in [6.07, 6.45) is 2.79. The summed E-state index contributed by atoms with van der Waals surface area (Å²) in [5.74, 6) is 0.443. The van der Waals surface area contributed by atoms with E-state index < -0.39 is 43.6 Å². The summed E-state index contributed by atoms with van der Waals surface area (Å²) < 4.78 is 62.4. The molecule has 71 heavy (non-hydrogen) atoms. The molecule has 6 aromatic rings. The molecule has 0 aliphatic carbocycles. The Morgan fingerprint density at radius 1 is 0.634 bits per heavy atom. The Bertz CT molecular complexity index is 2900. The van der Waals surface area contributed by atoms with Gasteiger partial charge in [0.2, 0.25) is 20.2 Å². The molecule has 0 saturated carbocycles. The molecule has 1 N–H and O–H groups in total. The molecule has 0 amide bonds. The lowest BCUT2D eigenvalue weighted by atomic mass is 10.1. The fourth-order valence-electron chi connectivity index (χ4n) is 8.55. The summed E-state index contributed by atoms with van der Waals surface area (Å²) in [4.78, 5) is 39.1. The zero-order valence-electron chi connectivity index (χ0n) is 43.5. The van der Waals surface area contributed by atoms with E-state index in [9.17, 15) is 14.7 Å². The first-order chi connectivity index (χ1) is 33.3. The van der Waals surface area contributed by atoms with Gasteiger partial charge >= 0.3 is 12.2 Å². The Morgan fingerprint density at radius 2 is 1.07 bits per heavy atom. The van der Waals surface area contributed by atoms with Crippen LogP contribution in [0, 0.1) is 11.9 Å². The van der Waals surface area contributed by atoms with Crippen LogP contribution in [-0.4, -0.2) is 109 Å². The number of rotatable bonds is 8. The Kier molecular flexibility index (Phi) is 15.3. The van der Waals surface area contributed by atoms with Crippen LogP contribution in [-0.2, 0) is 18.9 Å². The van der Waals surface area contributed by atoms with E-state index >= 15 is 8.78 Å². The minimum absolute atomic E-state index is 0.00120. The van der Waals surface area contributed by atoms with Gasteiger partial charge < -0.3 is 38.3 Å². The van der Waals surface area contributed by atoms with E-state index in [4.69, 9.17) is 23.4 Å². The Hall–Kier alpha value is -6.04. The van der Waals surface area contributed by atoms with E-state index in [1.54, 1.807) is 77.5 Å². The van der Waals surface area contributed by atoms with Gasteiger partial charge in [0, 0.05) is 63.3 Å². The average molecular weight is 997 g/mol. The third kappa shape index (κ3) is 12.2. The maximum atomic E-state index is 15.7. The quantitative estimate of drug-likeness (QED) is 0.115. The van der Waals surface area contributed by atoms with E-state index in [2.05, 4.69) is 43.8 Å². The van der Waals surface area contributed by atoms with Crippen LogP contribution in [0.4, 0.5) is 30.0 Å². The van der Waals surface area contributed by atoms with E-state index in [0.29, 0.717) is 58.3 Å². The lowest BCUT2D eigenvalue weighted by molar-refractivity contribution is 0.0535. The molecular formula is C54H70F2N6O8Si. The Balaban J connectivity index is 0.000000213. The second-order valence-corrected chi connectivity index (χ2v) is 26.6. The molecule has 8 rings (SSSR count). The van der Waals surface area contributed by atoms with E-state index in [0.717, 1.165) is 44.2 Å². The summed E-state index contributed by atoms with van der Waals surface area (Å²) in [5, 5.41) is 11.4. The Labute approximate surface area is 416 Å². The smallest absolute Gasteiger partial charge is 0.419 e. The molecule has 6 heterocycles. The van der Waals surface area contributed by atoms with Gasteiger partial charge in [-0.15, -0.1) is 0 Å². The second kappa shape index (κ2) is 20.6. The number of phenols is 1. The summed E-state index contributed by atoms with van der Waals surface area (Å²) >= 11 is 0. The van der Waals surface area contributed by atoms with Gasteiger partial charge in [0.15, 0.2) is 0 Å². The number of nitrogens with zero attached hydrogens (tertiary/aromatic N) is 6. The molecule has 17 heteroatoms. The van der Waals surface area contributed by atoms with Crippen molar-refractivity contribution in [3.05, 3.63) is 84.7 Å². The van der Waals surface area contributed by atoms with Crippen molar-refractivity contribution in [2.24, 2.45) is 0 Å². The fourth-order valence-corrected chi connectivity index (χ4v) is 9.57. The van der Waals surface area contributed by atoms with Gasteiger partial charge in [-0.05, 0) is 146 Å². The van der Waals surface area contributed by atoms with Crippen molar-refractivity contribution in [1.29, 1.82) is 0 Å². The molecule has 2 aliphatic rings. The zero-order valence-corrected chi connectivity index (χ0v) is 44.5. The van der Waals surface area contributed by atoms with Crippen LogP contribution in [0.5, 0.6) is 11.5 Å². The van der Waals surface area contributed by atoms with E-state index in [1.807, 2.05) is 48.8 Å². The summed E-state index contributed by atoms with van der Waals surface area (Å²) in [6.45, 7) is 24.5. The van der Waals surface area contributed by atoms with Crippen molar-refractivity contribution in [2.75, 3.05) is 50.2 Å². The van der Waals surface area contributed by atoms with Crippen LogP contribution in [0.15, 0.2) is 72.8 Å². The number of carbonyl (C=O) groups is 2. The third-order valence-corrected chi connectivity index (χ3v) is 17.5. The second-order valence-electron chi connectivity index (χ2n) is 21.9. The topological polar surface area (TPSA) is 143 Å². The van der Waals surface area contributed by atoms with Crippen molar-refractivity contribution < 1.29 is 46.8 Å². The molecule has 0 unspecified atom stereocenters. The van der Waals surface area contributed by atoms with Crippen LogP contribution in [0.25, 0.3) is 44.3 Å². The predicted molar refractivity (Wildman–Crippen MR) is 277 cm³/mol. The lowest BCUT2D eigenvalue weighted by Crippen LogP contribution is -2.43. The molecule has 0 bridgehead atoms. The number of benzene rings is 2. The number of aromatic hydroxyl groups is 1. The minimum atomic E-state index is -2.12. The fraction of sp³-hybridized carbons (Fsp3) is 0.481. The SMILES string of the molecule is CO[C@@H]1CCCN(c2ccc(-c3cc4ccc(O)cc4n3C(=O)OC(C)(C)C)c(F)n2)C1.CO[C@@H]1CCCN(c2ccc(-c3cc4ccc(O[Si](C)(C)C(C)(C)C)cc4n3C(=O)OC(C)(C)C)c(F)n2)C1. The molecule has 14 nitrogen and oxygen atoms in total. The van der Waals surface area contributed by atoms with Crippen molar-refractivity contribution in [2.45, 2.75) is 130 Å². The molecule has 0 radical (unpaired) electrons. The first-order valence-corrected chi connectivity index (χ1v) is 27.2. The molecule has 2 fully saturated rings. The van der Waals surface area contributed by atoms with Crippen LogP contribution in [0.1, 0.15) is 88.0 Å². The summed E-state index contributed by atoms with van der Waals surface area (Å²) in [7, 11) is 1.26. The number of hydrogen-bond acceptors (Lipinski definition) is 12. The highest BCUT2D eigenvalue weighted by molar-refractivity contribution is 6.74. The van der Waals surface area contributed by atoms with Gasteiger partial charge in [-0.25, -0.2) is 28.7 Å². The summed E-state index contributed by atoms with van der Waals surface area (Å²) in [5.41, 5.74) is 0.651. The molecule has 2 atom stereocenters. The predicted octanol–water partition coefficient (Wildman–Crippen LogP) is 12.6. The molecule has 2 aliphatic heterocycles. The zero-order chi connectivity index (χ0) is 51.8. The number of aromatic nitrogens is 4. The van der Waals surface area contributed by atoms with Gasteiger partial charge in [-0.3, -0.25) is 0 Å². The summed E-state index contributed by atoms with van der Waals surface area (Å²) in [6, 6.07) is 20.7. The highest BCUT2D eigenvalue weighted by Gasteiger charge is 2.39. The maximum absolute atomic E-state index is 15.7. The van der Waals surface area contributed by atoms with Crippen molar-refractivity contribution >= 4 is 53.9 Å². The lowest BCUT2D eigenvalue weighted by Gasteiger charge is -2.36. The molecule has 382 valence electrons. The first kappa shape index (κ1) is 52.8. The third-order valence-electron chi connectivity index (χ3n) is 13.2. The number of ether oxygens (including phenoxy) is 4. The number of piperidine rings is 2. The molecule has 0 spiro atoms. The standard InChI is InChI=1S/C30H42FN3O4Si.C24H28FN3O4/c1-29(2,3)37-28(35)34-24-18-21(38-39(8,9)30(4,5)6)13-12-20(24)17-25(34)23-14-15-26(32-27(23)31)33-16-10-11-22(19-33)36-7;1-24(2,3)32-23(30)28-19-13-16(29)8-7-15(19)12-20(28)18-9-10-21(26-22(18)25)27-11-5-6-17(14-27)31-4/h12-15,17-18,22H,10-11,16,19H2,1-9H3;7-10,12-13,17,29H,5-6,11,14H2,1-4H3/t22-;17-/m11/s1. The van der Waals surface area contributed by atoms with Gasteiger partial charge in [0.1, 0.15) is 34.3 Å². The number of phenolic OH excluding ortho intramolecular Hbond substituents is 1. The molecular weight excluding hydrogens is 927 g/mol. The minimum Gasteiger partial charge on any atom is -0.543 e. The first-order valence-electron chi connectivity index (χ1n) is 24.3. The average Bonchev–Trinajstić information content (AvgIpc) is 3.86. The van der Waals surface area contributed by atoms with Crippen molar-refractivity contribution in [3.8, 4) is 34.0 Å². The number of anilines is 2. The van der Waals surface area contributed by atoms with Crippen molar-refractivity contribution in [1.82, 2.24) is 19.1 Å². The van der Waals surface area contributed by atoms with Gasteiger partial charge in [0.05, 0.1) is 45.8 Å². The number of pyridine rings is 2. The normalized spacial score (nSPS) is 17.0. The number of hydrogen-bond donors (Lipinski definition) is 1. The van der Waals surface area contributed by atoms with E-state index in [-0.39, 0.29) is 34.1 Å². The van der Waals surface area contributed by atoms with Gasteiger partial charge in [-0.1, -0.05) is 20.8 Å². The van der Waals surface area contributed by atoms with Gasteiger partial charge in [0.25, 0.3) is 0 Å². The largest absolute Gasteiger partial charge is 0.543 e. The van der Waals surface area contributed by atoms with Crippen LogP contribution >= 0.6 is 0 Å². The molecule has 4 aromatic heterocycles. The highest BCUT2D eigenvalue weighted by atomic mass is 28.4. The van der Waals surface area contributed by atoms with E-state index in [1.165, 1.54) is 21.3 Å².